The molecule has 104 valence electrons. The normalized spacial score (nSPS) is 13.6. The largest absolute Gasteiger partial charge is 0.377 e. The van der Waals surface area contributed by atoms with Gasteiger partial charge in [-0.3, -0.25) is 0 Å². The second kappa shape index (κ2) is 11.0. The maximum atomic E-state index is 5.57. The van der Waals surface area contributed by atoms with Crippen molar-refractivity contribution in [2.45, 2.75) is 59.1 Å². The summed E-state index contributed by atoms with van der Waals surface area (Å²) in [5, 5.41) is 3.62. The van der Waals surface area contributed by atoms with Gasteiger partial charge in [0.05, 0.1) is 12.7 Å². The molecule has 0 aliphatic carbocycles. The van der Waals surface area contributed by atoms with Gasteiger partial charge in [-0.1, -0.05) is 20.3 Å². The van der Waals surface area contributed by atoms with E-state index in [1.54, 1.807) is 0 Å². The molecule has 1 unspecified atom stereocenters. The molecule has 0 aromatic carbocycles. The maximum absolute atomic E-state index is 5.57. The summed E-state index contributed by atoms with van der Waals surface area (Å²) in [6.07, 6.45) is 4.06. The SMILES string of the molecule is CCCNC(CCC)CN(C)CCOC(C)C. The molecule has 0 aromatic rings. The number of likely N-dealkylation sites (N-methyl/N-ethyl adjacent to an activating group) is 1. The molecule has 0 saturated carbocycles. The van der Waals surface area contributed by atoms with E-state index in [-0.39, 0.29) is 0 Å². The standard InChI is InChI=1S/C14H32N2O/c1-6-8-14(15-9-7-2)12-16(5)10-11-17-13(3)4/h13-15H,6-12H2,1-5H3. The van der Waals surface area contributed by atoms with E-state index in [2.05, 4.69) is 45.0 Å². The molecule has 0 spiro atoms. The Kier molecular flexibility index (Phi) is 10.9. The molecule has 0 saturated heterocycles. The molecular weight excluding hydrogens is 212 g/mol. The molecule has 1 atom stereocenters. The van der Waals surface area contributed by atoms with Crippen LogP contribution in [0.2, 0.25) is 0 Å². The molecule has 0 fully saturated rings. The topological polar surface area (TPSA) is 24.5 Å². The van der Waals surface area contributed by atoms with E-state index in [0.717, 1.165) is 26.2 Å². The highest BCUT2D eigenvalue weighted by Gasteiger charge is 2.09. The number of hydrogen-bond donors (Lipinski definition) is 1. The van der Waals surface area contributed by atoms with Gasteiger partial charge in [-0.2, -0.15) is 0 Å². The zero-order valence-corrected chi connectivity index (χ0v) is 12.5. The first kappa shape index (κ1) is 16.9. The quantitative estimate of drug-likeness (QED) is 0.604. The van der Waals surface area contributed by atoms with Gasteiger partial charge >= 0.3 is 0 Å². The van der Waals surface area contributed by atoms with Crippen LogP contribution in [-0.4, -0.2) is 50.3 Å². The van der Waals surface area contributed by atoms with Crippen molar-refractivity contribution >= 4 is 0 Å². The Morgan fingerprint density at radius 2 is 1.88 bits per heavy atom. The van der Waals surface area contributed by atoms with Crippen molar-refractivity contribution < 1.29 is 4.74 Å². The van der Waals surface area contributed by atoms with Crippen molar-refractivity contribution in [2.75, 3.05) is 33.3 Å². The Morgan fingerprint density at radius 1 is 1.18 bits per heavy atom. The third-order valence-electron chi connectivity index (χ3n) is 2.78. The molecular formula is C14H32N2O. The minimum absolute atomic E-state index is 0.341. The summed E-state index contributed by atoms with van der Waals surface area (Å²) in [5.41, 5.74) is 0. The Hall–Kier alpha value is -0.120. The van der Waals surface area contributed by atoms with Gasteiger partial charge in [-0.15, -0.1) is 0 Å². The van der Waals surface area contributed by atoms with Crippen LogP contribution in [0.1, 0.15) is 47.0 Å². The third kappa shape index (κ3) is 10.7. The minimum atomic E-state index is 0.341. The zero-order chi connectivity index (χ0) is 13.1. The average Bonchev–Trinajstić information content (AvgIpc) is 2.25. The number of nitrogens with zero attached hydrogens (tertiary/aromatic N) is 1. The second-order valence-electron chi connectivity index (χ2n) is 5.12. The first-order valence-electron chi connectivity index (χ1n) is 7.13. The third-order valence-corrected chi connectivity index (χ3v) is 2.78. The summed E-state index contributed by atoms with van der Waals surface area (Å²) in [7, 11) is 2.18. The van der Waals surface area contributed by atoms with Gasteiger partial charge in [0.25, 0.3) is 0 Å². The van der Waals surface area contributed by atoms with Crippen molar-refractivity contribution in [3.63, 3.8) is 0 Å². The van der Waals surface area contributed by atoms with Crippen LogP contribution in [0.25, 0.3) is 0 Å². The molecule has 0 bridgehead atoms. The molecule has 0 rings (SSSR count). The highest BCUT2D eigenvalue weighted by atomic mass is 16.5. The molecule has 17 heavy (non-hydrogen) atoms. The maximum Gasteiger partial charge on any atom is 0.0596 e. The molecule has 0 radical (unpaired) electrons. The van der Waals surface area contributed by atoms with Gasteiger partial charge in [0.15, 0.2) is 0 Å². The van der Waals surface area contributed by atoms with Crippen LogP contribution in [0.5, 0.6) is 0 Å². The summed E-state index contributed by atoms with van der Waals surface area (Å²) < 4.78 is 5.57. The molecule has 0 aromatic heterocycles. The van der Waals surface area contributed by atoms with Crippen LogP contribution in [0.15, 0.2) is 0 Å². The van der Waals surface area contributed by atoms with Crippen molar-refractivity contribution in [1.82, 2.24) is 10.2 Å². The first-order valence-corrected chi connectivity index (χ1v) is 7.13. The predicted octanol–water partition coefficient (Wildman–Crippen LogP) is 2.51. The lowest BCUT2D eigenvalue weighted by molar-refractivity contribution is 0.0621. The van der Waals surface area contributed by atoms with Crippen molar-refractivity contribution in [3.8, 4) is 0 Å². The summed E-state index contributed by atoms with van der Waals surface area (Å²) >= 11 is 0. The monoisotopic (exact) mass is 244 g/mol. The van der Waals surface area contributed by atoms with Crippen LogP contribution in [-0.2, 0) is 4.74 Å². The minimum Gasteiger partial charge on any atom is -0.377 e. The zero-order valence-electron chi connectivity index (χ0n) is 12.5. The molecule has 0 aliphatic rings. The number of hydrogen-bond acceptors (Lipinski definition) is 3. The Labute approximate surface area is 108 Å². The molecule has 0 amide bonds. The van der Waals surface area contributed by atoms with E-state index in [1.165, 1.54) is 19.3 Å². The summed E-state index contributed by atoms with van der Waals surface area (Å²) in [6, 6.07) is 0.629. The lowest BCUT2D eigenvalue weighted by Crippen LogP contribution is -2.41. The second-order valence-corrected chi connectivity index (χ2v) is 5.12. The Bertz CT molecular complexity index is 162. The smallest absolute Gasteiger partial charge is 0.0596 e. The lowest BCUT2D eigenvalue weighted by Gasteiger charge is -2.25. The van der Waals surface area contributed by atoms with Crippen molar-refractivity contribution in [3.05, 3.63) is 0 Å². The fraction of sp³-hybridized carbons (Fsp3) is 1.00. The van der Waals surface area contributed by atoms with E-state index in [1.807, 2.05) is 0 Å². The van der Waals surface area contributed by atoms with Crippen LogP contribution in [0.4, 0.5) is 0 Å². The molecule has 3 heteroatoms. The van der Waals surface area contributed by atoms with Gasteiger partial charge in [0, 0.05) is 19.1 Å². The van der Waals surface area contributed by atoms with E-state index >= 15 is 0 Å². The summed E-state index contributed by atoms with van der Waals surface area (Å²) in [5.74, 6) is 0. The van der Waals surface area contributed by atoms with Crippen LogP contribution >= 0.6 is 0 Å². The Morgan fingerprint density at radius 3 is 2.41 bits per heavy atom. The van der Waals surface area contributed by atoms with Gasteiger partial charge in [0.1, 0.15) is 0 Å². The van der Waals surface area contributed by atoms with Crippen LogP contribution in [0, 0.1) is 0 Å². The van der Waals surface area contributed by atoms with E-state index < -0.39 is 0 Å². The lowest BCUT2D eigenvalue weighted by atomic mass is 10.1. The highest BCUT2D eigenvalue weighted by molar-refractivity contribution is 4.70. The average molecular weight is 244 g/mol. The van der Waals surface area contributed by atoms with E-state index in [4.69, 9.17) is 4.74 Å². The molecule has 0 aliphatic heterocycles. The molecule has 0 heterocycles. The number of rotatable bonds is 11. The molecule has 1 N–H and O–H groups in total. The summed E-state index contributed by atoms with van der Waals surface area (Å²) in [6.45, 7) is 12.7. The summed E-state index contributed by atoms with van der Waals surface area (Å²) in [4.78, 5) is 2.37. The number of nitrogens with one attached hydrogen (secondary N) is 1. The molecule has 3 nitrogen and oxygen atoms in total. The fourth-order valence-corrected chi connectivity index (χ4v) is 1.87. The number of ether oxygens (including phenoxy) is 1. The van der Waals surface area contributed by atoms with E-state index in [9.17, 15) is 0 Å². The van der Waals surface area contributed by atoms with E-state index in [0.29, 0.717) is 12.1 Å². The predicted molar refractivity (Wildman–Crippen MR) is 75.6 cm³/mol. The van der Waals surface area contributed by atoms with Gasteiger partial charge in [-0.25, -0.2) is 0 Å². The Balaban J connectivity index is 3.73. The van der Waals surface area contributed by atoms with Crippen molar-refractivity contribution in [2.24, 2.45) is 0 Å². The fourth-order valence-electron chi connectivity index (χ4n) is 1.87. The van der Waals surface area contributed by atoms with Gasteiger partial charge in [0.2, 0.25) is 0 Å². The first-order chi connectivity index (χ1) is 8.10. The van der Waals surface area contributed by atoms with Gasteiger partial charge in [-0.05, 0) is 40.3 Å². The van der Waals surface area contributed by atoms with Gasteiger partial charge < -0.3 is 15.0 Å². The van der Waals surface area contributed by atoms with Crippen molar-refractivity contribution in [1.29, 1.82) is 0 Å². The van der Waals surface area contributed by atoms with Crippen LogP contribution in [0.3, 0.4) is 0 Å². The van der Waals surface area contributed by atoms with Crippen LogP contribution < -0.4 is 5.32 Å². The highest BCUT2D eigenvalue weighted by Crippen LogP contribution is 2.00.